The van der Waals surface area contributed by atoms with Crippen molar-refractivity contribution in [3.63, 3.8) is 0 Å². The number of ether oxygens (including phenoxy) is 1. The number of aromatic nitrogens is 3. The number of halogens is 1. The van der Waals surface area contributed by atoms with E-state index in [-0.39, 0.29) is 24.3 Å². The molecule has 0 amide bonds. The first-order valence-corrected chi connectivity index (χ1v) is 8.86. The van der Waals surface area contributed by atoms with Gasteiger partial charge in [0.2, 0.25) is 5.89 Å². The van der Waals surface area contributed by atoms with Crippen LogP contribution in [-0.2, 0) is 11.3 Å². The lowest BCUT2D eigenvalue weighted by molar-refractivity contribution is 0.0963. The quantitative estimate of drug-likeness (QED) is 0.582. The van der Waals surface area contributed by atoms with Crippen molar-refractivity contribution in [1.29, 1.82) is 0 Å². The standard InChI is InChI=1S/C20H22FN3O4/c1-12-9-17(14(3)24(12)13(2)11-27-4)18(25)10-23-20(26)28-19(22-23)15-5-7-16(21)8-6-15/h5-9,13H,10-11H2,1-4H3. The molecule has 3 rings (SSSR count). The molecule has 0 radical (unpaired) electrons. The maximum Gasteiger partial charge on any atom is 0.437 e. The van der Waals surface area contributed by atoms with Gasteiger partial charge in [0, 0.05) is 29.6 Å². The first kappa shape index (κ1) is 19.8. The van der Waals surface area contributed by atoms with Crippen LogP contribution >= 0.6 is 0 Å². The Morgan fingerprint density at radius 1 is 1.29 bits per heavy atom. The van der Waals surface area contributed by atoms with Crippen molar-refractivity contribution in [2.24, 2.45) is 0 Å². The highest BCUT2D eigenvalue weighted by atomic mass is 19.1. The number of ketones is 1. The van der Waals surface area contributed by atoms with Gasteiger partial charge in [0.05, 0.1) is 12.6 Å². The molecule has 0 bridgehead atoms. The lowest BCUT2D eigenvalue weighted by atomic mass is 10.1. The number of aryl methyl sites for hydroxylation is 1. The second kappa shape index (κ2) is 7.93. The summed E-state index contributed by atoms with van der Waals surface area (Å²) < 4.78 is 26.4. The summed E-state index contributed by atoms with van der Waals surface area (Å²) in [6, 6.07) is 7.28. The zero-order valence-corrected chi connectivity index (χ0v) is 16.2. The Balaban J connectivity index is 1.85. The summed E-state index contributed by atoms with van der Waals surface area (Å²) >= 11 is 0. The monoisotopic (exact) mass is 387 g/mol. The number of nitrogens with zero attached hydrogens (tertiary/aromatic N) is 3. The SMILES string of the molecule is COCC(C)n1c(C)cc(C(=O)Cn2nc(-c3ccc(F)cc3)oc2=O)c1C. The van der Waals surface area contributed by atoms with Crippen LogP contribution in [0.4, 0.5) is 4.39 Å². The molecule has 3 aromatic rings. The number of carbonyl (C=O) groups excluding carboxylic acids is 1. The Bertz CT molecular complexity index is 1050. The van der Waals surface area contributed by atoms with Crippen LogP contribution < -0.4 is 5.76 Å². The lowest BCUT2D eigenvalue weighted by Crippen LogP contribution is -2.22. The van der Waals surface area contributed by atoms with Gasteiger partial charge in [-0.2, -0.15) is 4.68 Å². The van der Waals surface area contributed by atoms with Gasteiger partial charge in [0.1, 0.15) is 12.4 Å². The van der Waals surface area contributed by atoms with Crippen LogP contribution in [0.1, 0.15) is 34.7 Å². The molecule has 0 aliphatic heterocycles. The Kier molecular flexibility index (Phi) is 5.60. The van der Waals surface area contributed by atoms with Crippen LogP contribution in [0.15, 0.2) is 39.5 Å². The summed E-state index contributed by atoms with van der Waals surface area (Å²) in [6.45, 7) is 6.07. The fourth-order valence-electron chi connectivity index (χ4n) is 3.39. The highest BCUT2D eigenvalue weighted by molar-refractivity contribution is 5.97. The van der Waals surface area contributed by atoms with Gasteiger partial charge in [-0.1, -0.05) is 0 Å². The fraction of sp³-hybridized carbons (Fsp3) is 0.350. The third-order valence-electron chi connectivity index (χ3n) is 4.62. The molecule has 0 saturated carbocycles. The highest BCUT2D eigenvalue weighted by Gasteiger charge is 2.21. The van der Waals surface area contributed by atoms with Gasteiger partial charge in [-0.3, -0.25) is 4.79 Å². The normalized spacial score (nSPS) is 12.3. The zero-order valence-electron chi connectivity index (χ0n) is 16.2. The van der Waals surface area contributed by atoms with E-state index >= 15 is 0 Å². The number of carbonyl (C=O) groups is 1. The van der Waals surface area contributed by atoms with E-state index in [9.17, 15) is 14.0 Å². The predicted octanol–water partition coefficient (Wildman–Crippen LogP) is 3.15. The molecule has 1 unspecified atom stereocenters. The second-order valence-electron chi connectivity index (χ2n) is 6.72. The number of benzene rings is 1. The lowest BCUT2D eigenvalue weighted by Gasteiger charge is -2.17. The smallest absolute Gasteiger partial charge is 0.388 e. The summed E-state index contributed by atoms with van der Waals surface area (Å²) in [5.41, 5.74) is 2.72. The van der Waals surface area contributed by atoms with Crippen LogP contribution in [0.2, 0.25) is 0 Å². The molecule has 0 aliphatic carbocycles. The molecule has 1 aromatic carbocycles. The molecule has 0 saturated heterocycles. The van der Waals surface area contributed by atoms with Gasteiger partial charge in [-0.05, 0) is 51.1 Å². The van der Waals surface area contributed by atoms with Gasteiger partial charge in [-0.15, -0.1) is 5.10 Å². The predicted molar refractivity (Wildman–Crippen MR) is 101 cm³/mol. The van der Waals surface area contributed by atoms with Crippen LogP contribution in [0.5, 0.6) is 0 Å². The van der Waals surface area contributed by atoms with E-state index in [4.69, 9.17) is 9.15 Å². The molecule has 7 nitrogen and oxygen atoms in total. The molecule has 28 heavy (non-hydrogen) atoms. The minimum atomic E-state index is -0.741. The number of hydrogen-bond donors (Lipinski definition) is 0. The van der Waals surface area contributed by atoms with Crippen molar-refractivity contribution in [3.05, 3.63) is 63.7 Å². The van der Waals surface area contributed by atoms with Gasteiger partial charge in [0.25, 0.3) is 0 Å². The van der Waals surface area contributed by atoms with E-state index in [1.54, 1.807) is 13.2 Å². The summed E-state index contributed by atoms with van der Waals surface area (Å²) in [7, 11) is 1.63. The Labute approximate surface area is 161 Å². The molecule has 0 spiro atoms. The molecule has 0 aliphatic rings. The fourth-order valence-corrected chi connectivity index (χ4v) is 3.39. The minimum absolute atomic E-state index is 0.0389. The zero-order chi connectivity index (χ0) is 20.4. The first-order chi connectivity index (χ1) is 13.3. The van der Waals surface area contributed by atoms with Crippen LogP contribution in [0, 0.1) is 19.7 Å². The largest absolute Gasteiger partial charge is 0.437 e. The van der Waals surface area contributed by atoms with Crippen molar-refractivity contribution < 1.29 is 18.3 Å². The minimum Gasteiger partial charge on any atom is -0.388 e. The maximum absolute atomic E-state index is 13.1. The molecule has 0 fully saturated rings. The van der Waals surface area contributed by atoms with Crippen LogP contribution in [0.25, 0.3) is 11.5 Å². The van der Waals surface area contributed by atoms with Crippen molar-refractivity contribution in [1.82, 2.24) is 14.3 Å². The third-order valence-corrected chi connectivity index (χ3v) is 4.62. The molecule has 1 atom stereocenters. The van der Waals surface area contributed by atoms with Crippen LogP contribution in [0.3, 0.4) is 0 Å². The molecule has 2 aromatic heterocycles. The third kappa shape index (κ3) is 3.82. The Morgan fingerprint density at radius 3 is 2.61 bits per heavy atom. The Hall–Kier alpha value is -3.00. The molecular weight excluding hydrogens is 365 g/mol. The van der Waals surface area contributed by atoms with E-state index in [1.807, 2.05) is 25.3 Å². The molecule has 2 heterocycles. The molecule has 0 N–H and O–H groups in total. The molecular formula is C20H22FN3O4. The van der Waals surface area contributed by atoms with E-state index in [0.29, 0.717) is 17.7 Å². The number of methoxy groups -OCH3 is 1. The maximum atomic E-state index is 13.1. The van der Waals surface area contributed by atoms with Gasteiger partial charge in [-0.25, -0.2) is 9.18 Å². The van der Waals surface area contributed by atoms with E-state index in [2.05, 4.69) is 5.10 Å². The first-order valence-electron chi connectivity index (χ1n) is 8.86. The van der Waals surface area contributed by atoms with Crippen molar-refractivity contribution in [2.45, 2.75) is 33.4 Å². The topological polar surface area (TPSA) is 79.3 Å². The van der Waals surface area contributed by atoms with E-state index < -0.39 is 11.6 Å². The van der Waals surface area contributed by atoms with Crippen molar-refractivity contribution >= 4 is 5.78 Å². The van der Waals surface area contributed by atoms with E-state index in [1.165, 1.54) is 24.3 Å². The number of Topliss-reactive ketones (excluding diaryl/α,β-unsaturated/α-hetero) is 1. The molecule has 8 heteroatoms. The average Bonchev–Trinajstić information content (AvgIpc) is 3.15. The summed E-state index contributed by atoms with van der Waals surface area (Å²) in [5, 5.41) is 4.07. The summed E-state index contributed by atoms with van der Waals surface area (Å²) in [5.74, 6) is -1.35. The van der Waals surface area contributed by atoms with Gasteiger partial charge >= 0.3 is 5.76 Å². The van der Waals surface area contributed by atoms with E-state index in [0.717, 1.165) is 16.1 Å². The van der Waals surface area contributed by atoms with Gasteiger partial charge in [0.15, 0.2) is 5.78 Å². The van der Waals surface area contributed by atoms with Crippen molar-refractivity contribution in [2.75, 3.05) is 13.7 Å². The Morgan fingerprint density at radius 2 is 1.96 bits per heavy atom. The number of hydrogen-bond acceptors (Lipinski definition) is 5. The highest BCUT2D eigenvalue weighted by Crippen LogP contribution is 2.22. The average molecular weight is 387 g/mol. The van der Waals surface area contributed by atoms with Crippen molar-refractivity contribution in [3.8, 4) is 11.5 Å². The van der Waals surface area contributed by atoms with Crippen LogP contribution in [-0.4, -0.2) is 33.8 Å². The molecule has 148 valence electrons. The number of rotatable bonds is 7. The second-order valence-corrected chi connectivity index (χ2v) is 6.72. The summed E-state index contributed by atoms with van der Waals surface area (Å²) in [6.07, 6.45) is 0. The summed E-state index contributed by atoms with van der Waals surface area (Å²) in [4.78, 5) is 24.9. The van der Waals surface area contributed by atoms with Gasteiger partial charge < -0.3 is 13.7 Å².